The molecule has 1 amide bonds. The first-order chi connectivity index (χ1) is 9.84. The van der Waals surface area contributed by atoms with Gasteiger partial charge in [0.05, 0.1) is 11.6 Å². The van der Waals surface area contributed by atoms with E-state index in [1.54, 1.807) is 11.1 Å². The number of nitrogens with zero attached hydrogens (tertiary/aromatic N) is 5. The van der Waals surface area contributed by atoms with Crippen molar-refractivity contribution >= 4 is 11.7 Å². The molecule has 1 atom stereocenters. The van der Waals surface area contributed by atoms with Crippen LogP contribution in [0.4, 0.5) is 5.82 Å². The summed E-state index contributed by atoms with van der Waals surface area (Å²) in [6, 6.07) is 1.95. The number of amides is 1. The zero-order valence-corrected chi connectivity index (χ0v) is 11.1. The van der Waals surface area contributed by atoms with Gasteiger partial charge in [0.1, 0.15) is 5.69 Å². The lowest BCUT2D eigenvalue weighted by Crippen LogP contribution is -2.40. The second-order valence-corrected chi connectivity index (χ2v) is 5.36. The maximum Gasteiger partial charge on any atom is 0.237 e. The molecule has 0 saturated heterocycles. The zero-order chi connectivity index (χ0) is 13.5. The van der Waals surface area contributed by atoms with Crippen LogP contribution in [0.25, 0.3) is 0 Å². The number of fused-ring (bicyclic) bond motifs is 2. The second-order valence-electron chi connectivity index (χ2n) is 5.36. The van der Waals surface area contributed by atoms with E-state index in [4.69, 9.17) is 0 Å². The van der Waals surface area contributed by atoms with Gasteiger partial charge in [0.15, 0.2) is 5.82 Å². The Bertz CT molecular complexity index is 591. The number of H-pyrrole nitrogens is 1. The minimum absolute atomic E-state index is 0.103. The van der Waals surface area contributed by atoms with Crippen molar-refractivity contribution in [2.24, 2.45) is 0 Å². The van der Waals surface area contributed by atoms with E-state index in [0.29, 0.717) is 5.82 Å². The van der Waals surface area contributed by atoms with Crippen LogP contribution >= 0.6 is 0 Å². The van der Waals surface area contributed by atoms with E-state index in [2.05, 4.69) is 20.5 Å². The number of carbonyl (C=O) groups is 1. The zero-order valence-electron chi connectivity index (χ0n) is 11.1. The molecule has 104 valence electrons. The average molecular weight is 272 g/mol. The molecule has 2 aromatic rings. The van der Waals surface area contributed by atoms with Crippen LogP contribution in [0.2, 0.25) is 0 Å². The third-order valence-electron chi connectivity index (χ3n) is 4.18. The topological polar surface area (TPSA) is 79.7 Å². The van der Waals surface area contributed by atoms with E-state index in [9.17, 15) is 4.79 Å². The Balaban J connectivity index is 1.67. The minimum atomic E-state index is -0.103. The third kappa shape index (κ3) is 1.65. The van der Waals surface area contributed by atoms with E-state index in [-0.39, 0.29) is 11.8 Å². The summed E-state index contributed by atoms with van der Waals surface area (Å²) in [4.78, 5) is 14.7. The van der Waals surface area contributed by atoms with Crippen molar-refractivity contribution in [2.75, 3.05) is 11.4 Å². The summed E-state index contributed by atoms with van der Waals surface area (Å²) < 4.78 is 1.94. The van der Waals surface area contributed by atoms with Crippen LogP contribution in [0.5, 0.6) is 0 Å². The van der Waals surface area contributed by atoms with Gasteiger partial charge in [0.25, 0.3) is 0 Å². The van der Waals surface area contributed by atoms with Crippen LogP contribution in [0.3, 0.4) is 0 Å². The van der Waals surface area contributed by atoms with Crippen LogP contribution in [0.15, 0.2) is 12.3 Å². The average Bonchev–Trinajstić information content (AvgIpc) is 3.13. The summed E-state index contributed by atoms with van der Waals surface area (Å²) >= 11 is 0. The monoisotopic (exact) mass is 272 g/mol. The van der Waals surface area contributed by atoms with Gasteiger partial charge < -0.3 is 0 Å². The van der Waals surface area contributed by atoms with Gasteiger partial charge in [-0.1, -0.05) is 0 Å². The summed E-state index contributed by atoms with van der Waals surface area (Å²) in [5.41, 5.74) is 1.92. The quantitative estimate of drug-likeness (QED) is 0.835. The van der Waals surface area contributed by atoms with Crippen molar-refractivity contribution in [1.82, 2.24) is 25.2 Å². The van der Waals surface area contributed by atoms with Crippen LogP contribution in [0.1, 0.15) is 36.6 Å². The summed E-state index contributed by atoms with van der Waals surface area (Å²) in [6.45, 7) is 1.63. The lowest BCUT2D eigenvalue weighted by molar-refractivity contribution is -0.120. The number of rotatable bonds is 1. The number of aromatic nitrogens is 5. The Hall–Kier alpha value is -2.18. The molecule has 1 N–H and O–H groups in total. The first kappa shape index (κ1) is 11.6. The van der Waals surface area contributed by atoms with Gasteiger partial charge in [0.2, 0.25) is 5.91 Å². The standard InChI is InChI=1S/C13H16N6O/c20-13(9-3-1-8-19-11(9)5-6-14-19)18-7-2-4-10-12(18)16-17-15-10/h5-6,9H,1-4,7-8H2,(H,15,16,17). The first-order valence-corrected chi connectivity index (χ1v) is 7.07. The van der Waals surface area contributed by atoms with Gasteiger partial charge >= 0.3 is 0 Å². The lowest BCUT2D eigenvalue weighted by Gasteiger charge is -2.30. The lowest BCUT2D eigenvalue weighted by atomic mass is 9.94. The molecule has 0 radical (unpaired) electrons. The number of aryl methyl sites for hydroxylation is 2. The Morgan fingerprint density at radius 3 is 3.20 bits per heavy atom. The highest BCUT2D eigenvalue weighted by Gasteiger charge is 2.34. The number of aromatic amines is 1. The SMILES string of the molecule is O=C(C1CCCn2nccc21)N1CCCc2n[nH]nc21. The summed E-state index contributed by atoms with van der Waals surface area (Å²) in [6.07, 6.45) is 5.48. The van der Waals surface area contributed by atoms with Gasteiger partial charge in [0, 0.05) is 19.3 Å². The van der Waals surface area contributed by atoms with Gasteiger partial charge in [-0.15, -0.1) is 5.10 Å². The Labute approximate surface area is 116 Å². The van der Waals surface area contributed by atoms with Crippen molar-refractivity contribution in [3.05, 3.63) is 23.7 Å². The van der Waals surface area contributed by atoms with Gasteiger partial charge in [-0.05, 0) is 31.7 Å². The predicted molar refractivity (Wildman–Crippen MR) is 71.3 cm³/mol. The number of hydrogen-bond acceptors (Lipinski definition) is 4. The van der Waals surface area contributed by atoms with Crippen molar-refractivity contribution in [3.8, 4) is 0 Å². The van der Waals surface area contributed by atoms with Crippen LogP contribution < -0.4 is 4.90 Å². The minimum Gasteiger partial charge on any atom is -0.293 e. The molecule has 4 heterocycles. The van der Waals surface area contributed by atoms with Crippen LogP contribution in [-0.4, -0.2) is 37.6 Å². The highest BCUT2D eigenvalue weighted by molar-refractivity contribution is 5.97. The molecule has 0 aliphatic carbocycles. The summed E-state index contributed by atoms with van der Waals surface area (Å²) in [7, 11) is 0. The third-order valence-corrected chi connectivity index (χ3v) is 4.18. The van der Waals surface area contributed by atoms with Gasteiger partial charge in [-0.2, -0.15) is 15.4 Å². The number of hydrogen-bond donors (Lipinski definition) is 1. The Morgan fingerprint density at radius 1 is 1.30 bits per heavy atom. The van der Waals surface area contributed by atoms with E-state index in [0.717, 1.165) is 50.2 Å². The molecule has 2 aromatic heterocycles. The molecule has 2 aliphatic rings. The van der Waals surface area contributed by atoms with E-state index < -0.39 is 0 Å². The molecule has 0 saturated carbocycles. The van der Waals surface area contributed by atoms with E-state index in [1.165, 1.54) is 0 Å². The van der Waals surface area contributed by atoms with Crippen molar-refractivity contribution in [2.45, 2.75) is 38.1 Å². The van der Waals surface area contributed by atoms with Crippen LogP contribution in [-0.2, 0) is 17.8 Å². The highest BCUT2D eigenvalue weighted by atomic mass is 16.2. The predicted octanol–water partition coefficient (Wildman–Crippen LogP) is 0.858. The van der Waals surface area contributed by atoms with E-state index in [1.807, 2.05) is 10.7 Å². The van der Waals surface area contributed by atoms with Crippen molar-refractivity contribution in [3.63, 3.8) is 0 Å². The van der Waals surface area contributed by atoms with Crippen molar-refractivity contribution in [1.29, 1.82) is 0 Å². The smallest absolute Gasteiger partial charge is 0.237 e. The fourth-order valence-electron chi connectivity index (χ4n) is 3.21. The molecule has 0 aromatic carbocycles. The molecular weight excluding hydrogens is 256 g/mol. The fourth-order valence-corrected chi connectivity index (χ4v) is 3.21. The van der Waals surface area contributed by atoms with Gasteiger partial charge in [-0.25, -0.2) is 0 Å². The molecule has 20 heavy (non-hydrogen) atoms. The maximum atomic E-state index is 12.9. The van der Waals surface area contributed by atoms with Crippen LogP contribution in [0, 0.1) is 0 Å². The highest BCUT2D eigenvalue weighted by Crippen LogP contribution is 2.32. The fraction of sp³-hybridized carbons (Fsp3) is 0.538. The summed E-state index contributed by atoms with van der Waals surface area (Å²) in [5, 5.41) is 15.2. The molecule has 7 heteroatoms. The molecule has 0 fully saturated rings. The number of anilines is 1. The van der Waals surface area contributed by atoms with Crippen molar-refractivity contribution < 1.29 is 4.79 Å². The molecule has 2 aliphatic heterocycles. The first-order valence-electron chi connectivity index (χ1n) is 7.07. The number of carbonyl (C=O) groups excluding carboxylic acids is 1. The molecular formula is C13H16N6O. The van der Waals surface area contributed by atoms with E-state index >= 15 is 0 Å². The molecule has 0 bridgehead atoms. The molecule has 4 rings (SSSR count). The molecule has 0 spiro atoms. The second kappa shape index (κ2) is 4.43. The van der Waals surface area contributed by atoms with Gasteiger partial charge in [-0.3, -0.25) is 14.4 Å². The largest absolute Gasteiger partial charge is 0.293 e. The molecule has 7 nitrogen and oxygen atoms in total. The summed E-state index contributed by atoms with van der Waals surface area (Å²) in [5.74, 6) is 0.730. The maximum absolute atomic E-state index is 12.9. The molecule has 1 unspecified atom stereocenters. The Morgan fingerprint density at radius 2 is 2.25 bits per heavy atom. The normalized spacial score (nSPS) is 21.4. The number of nitrogens with one attached hydrogen (secondary N) is 1. The Kier molecular flexibility index (Phi) is 2.58.